The van der Waals surface area contributed by atoms with E-state index in [2.05, 4.69) is 22.9 Å². The molecule has 1 unspecified atom stereocenters. The van der Waals surface area contributed by atoms with E-state index in [9.17, 15) is 4.79 Å². The van der Waals surface area contributed by atoms with Crippen LogP contribution in [0.2, 0.25) is 0 Å². The van der Waals surface area contributed by atoms with Gasteiger partial charge in [0.05, 0.1) is 0 Å². The Hall–Kier alpha value is -0.610. The zero-order valence-electron chi connectivity index (χ0n) is 8.94. The first-order valence-corrected chi connectivity index (χ1v) is 5.53. The van der Waals surface area contributed by atoms with Gasteiger partial charge in [-0.25, -0.2) is 0 Å². The molecule has 1 aliphatic heterocycles. The molecule has 0 spiro atoms. The highest BCUT2D eigenvalue weighted by Gasteiger charge is 2.13. The molecule has 4 nitrogen and oxygen atoms in total. The molecular formula is C10H21N3O. The van der Waals surface area contributed by atoms with Crippen LogP contribution < -0.4 is 16.0 Å². The number of hydrogen-bond donors (Lipinski definition) is 3. The van der Waals surface area contributed by atoms with Crippen LogP contribution in [0, 0.1) is 0 Å². The number of amides is 1. The maximum Gasteiger partial charge on any atom is 0.221 e. The second kappa shape index (κ2) is 6.79. The Balaban J connectivity index is 1.94. The fourth-order valence-electron chi connectivity index (χ4n) is 1.57. The lowest BCUT2D eigenvalue weighted by molar-refractivity contribution is -0.121. The molecule has 82 valence electrons. The van der Waals surface area contributed by atoms with Gasteiger partial charge in [0, 0.05) is 32.1 Å². The zero-order chi connectivity index (χ0) is 10.2. The van der Waals surface area contributed by atoms with Crippen molar-refractivity contribution in [3.63, 3.8) is 0 Å². The van der Waals surface area contributed by atoms with E-state index >= 15 is 0 Å². The summed E-state index contributed by atoms with van der Waals surface area (Å²) >= 11 is 0. The van der Waals surface area contributed by atoms with Gasteiger partial charge < -0.3 is 16.0 Å². The second-order valence-corrected chi connectivity index (χ2v) is 3.74. The third-order valence-electron chi connectivity index (χ3n) is 2.42. The van der Waals surface area contributed by atoms with Crippen LogP contribution in [0.15, 0.2) is 0 Å². The molecule has 14 heavy (non-hydrogen) atoms. The van der Waals surface area contributed by atoms with Crippen LogP contribution in [0.3, 0.4) is 0 Å². The largest absolute Gasteiger partial charge is 0.356 e. The number of carbonyl (C=O) groups is 1. The summed E-state index contributed by atoms with van der Waals surface area (Å²) < 4.78 is 0. The highest BCUT2D eigenvalue weighted by molar-refractivity contribution is 5.75. The van der Waals surface area contributed by atoms with E-state index in [1.807, 2.05) is 0 Å². The van der Waals surface area contributed by atoms with Crippen molar-refractivity contribution in [2.75, 3.05) is 26.2 Å². The van der Waals surface area contributed by atoms with Crippen LogP contribution >= 0.6 is 0 Å². The molecule has 0 aromatic rings. The molecule has 4 heteroatoms. The van der Waals surface area contributed by atoms with Gasteiger partial charge in [-0.3, -0.25) is 4.79 Å². The average Bonchev–Trinajstić information content (AvgIpc) is 2.67. The lowest BCUT2D eigenvalue weighted by Gasteiger charge is -2.10. The van der Waals surface area contributed by atoms with Crippen molar-refractivity contribution < 1.29 is 4.79 Å². The Morgan fingerprint density at radius 2 is 2.36 bits per heavy atom. The van der Waals surface area contributed by atoms with Gasteiger partial charge in [-0.1, -0.05) is 6.92 Å². The topological polar surface area (TPSA) is 53.2 Å². The normalized spacial score (nSPS) is 21.1. The molecule has 1 saturated heterocycles. The molecule has 0 aromatic carbocycles. The van der Waals surface area contributed by atoms with Crippen LogP contribution in [0.5, 0.6) is 0 Å². The molecule has 0 radical (unpaired) electrons. The van der Waals surface area contributed by atoms with Gasteiger partial charge in [-0.2, -0.15) is 0 Å². The minimum Gasteiger partial charge on any atom is -0.356 e. The van der Waals surface area contributed by atoms with E-state index in [1.165, 1.54) is 6.42 Å². The maximum absolute atomic E-state index is 11.2. The third kappa shape index (κ3) is 4.58. The molecule has 1 aliphatic rings. The molecule has 1 amide bonds. The summed E-state index contributed by atoms with van der Waals surface area (Å²) in [6.45, 7) is 5.78. The van der Waals surface area contributed by atoms with Crippen LogP contribution in [-0.4, -0.2) is 38.1 Å². The van der Waals surface area contributed by atoms with Crippen LogP contribution in [-0.2, 0) is 4.79 Å². The highest BCUT2D eigenvalue weighted by atomic mass is 16.1. The summed E-state index contributed by atoms with van der Waals surface area (Å²) in [6.07, 6.45) is 2.78. The molecule has 1 atom stereocenters. The Morgan fingerprint density at radius 3 is 3.00 bits per heavy atom. The number of rotatable bonds is 6. The number of carbonyl (C=O) groups excluding carboxylic acids is 1. The molecule has 1 heterocycles. The van der Waals surface area contributed by atoms with Crippen LogP contribution in [0.1, 0.15) is 26.2 Å². The molecular weight excluding hydrogens is 178 g/mol. The Labute approximate surface area is 85.8 Å². The Morgan fingerprint density at radius 1 is 1.50 bits per heavy atom. The fraction of sp³-hybridized carbons (Fsp3) is 0.900. The summed E-state index contributed by atoms with van der Waals surface area (Å²) in [5, 5.41) is 9.51. The standard InChI is InChI=1S/C10H21N3O/c1-2-5-13-10(14)4-7-12-9-3-6-11-8-9/h9,11-12H,2-8H2,1H3,(H,13,14). The van der Waals surface area contributed by atoms with E-state index < -0.39 is 0 Å². The third-order valence-corrected chi connectivity index (χ3v) is 2.42. The number of hydrogen-bond acceptors (Lipinski definition) is 3. The SMILES string of the molecule is CCCNC(=O)CCNC1CCNC1. The lowest BCUT2D eigenvalue weighted by atomic mass is 10.2. The first-order chi connectivity index (χ1) is 6.83. The second-order valence-electron chi connectivity index (χ2n) is 3.74. The van der Waals surface area contributed by atoms with Crippen molar-refractivity contribution in [1.82, 2.24) is 16.0 Å². The summed E-state index contributed by atoms with van der Waals surface area (Å²) in [5.74, 6) is 0.158. The molecule has 0 aromatic heterocycles. The monoisotopic (exact) mass is 199 g/mol. The predicted octanol–water partition coefficient (Wildman–Crippen LogP) is -0.146. The minimum absolute atomic E-state index is 0.158. The van der Waals surface area contributed by atoms with Crippen molar-refractivity contribution in [2.24, 2.45) is 0 Å². The van der Waals surface area contributed by atoms with Gasteiger partial charge in [-0.15, -0.1) is 0 Å². The quantitative estimate of drug-likeness (QED) is 0.558. The highest BCUT2D eigenvalue weighted by Crippen LogP contribution is 1.96. The van der Waals surface area contributed by atoms with Crippen molar-refractivity contribution in [3.8, 4) is 0 Å². The van der Waals surface area contributed by atoms with Crippen LogP contribution in [0.25, 0.3) is 0 Å². The first kappa shape index (κ1) is 11.5. The van der Waals surface area contributed by atoms with Crippen molar-refractivity contribution >= 4 is 5.91 Å². The Bertz CT molecular complexity index is 167. The lowest BCUT2D eigenvalue weighted by Crippen LogP contribution is -2.34. The first-order valence-electron chi connectivity index (χ1n) is 5.53. The molecule has 0 saturated carbocycles. The fourth-order valence-corrected chi connectivity index (χ4v) is 1.57. The van der Waals surface area contributed by atoms with Gasteiger partial charge >= 0.3 is 0 Å². The molecule has 3 N–H and O–H groups in total. The summed E-state index contributed by atoms with van der Waals surface area (Å²) in [5.41, 5.74) is 0. The smallest absolute Gasteiger partial charge is 0.221 e. The molecule has 0 aliphatic carbocycles. The van der Waals surface area contributed by atoms with Crippen LogP contribution in [0.4, 0.5) is 0 Å². The molecule has 1 rings (SSSR count). The predicted molar refractivity (Wildman–Crippen MR) is 57.2 cm³/mol. The van der Waals surface area contributed by atoms with Gasteiger partial charge in [0.1, 0.15) is 0 Å². The molecule has 0 bridgehead atoms. The van der Waals surface area contributed by atoms with E-state index in [1.54, 1.807) is 0 Å². The zero-order valence-corrected chi connectivity index (χ0v) is 8.94. The van der Waals surface area contributed by atoms with Gasteiger partial charge in [0.25, 0.3) is 0 Å². The average molecular weight is 199 g/mol. The van der Waals surface area contributed by atoms with E-state index in [0.29, 0.717) is 12.5 Å². The van der Waals surface area contributed by atoms with E-state index in [4.69, 9.17) is 0 Å². The van der Waals surface area contributed by atoms with Crippen molar-refractivity contribution in [3.05, 3.63) is 0 Å². The molecule has 1 fully saturated rings. The van der Waals surface area contributed by atoms with Crippen molar-refractivity contribution in [1.29, 1.82) is 0 Å². The van der Waals surface area contributed by atoms with Crippen molar-refractivity contribution in [2.45, 2.75) is 32.2 Å². The minimum atomic E-state index is 0.158. The van der Waals surface area contributed by atoms with Gasteiger partial charge in [0.2, 0.25) is 5.91 Å². The maximum atomic E-state index is 11.2. The number of nitrogens with one attached hydrogen (secondary N) is 3. The van der Waals surface area contributed by atoms with Gasteiger partial charge in [-0.05, 0) is 19.4 Å². The summed E-state index contributed by atoms with van der Waals surface area (Å²) in [7, 11) is 0. The Kier molecular flexibility index (Phi) is 5.56. The summed E-state index contributed by atoms with van der Waals surface area (Å²) in [6, 6.07) is 0.564. The van der Waals surface area contributed by atoms with Gasteiger partial charge in [0.15, 0.2) is 0 Å². The van der Waals surface area contributed by atoms with E-state index in [0.717, 1.165) is 32.6 Å². The van der Waals surface area contributed by atoms with E-state index in [-0.39, 0.29) is 5.91 Å². The summed E-state index contributed by atoms with van der Waals surface area (Å²) in [4.78, 5) is 11.2.